The Morgan fingerprint density at radius 2 is 1.93 bits per heavy atom. The van der Waals surface area contributed by atoms with Gasteiger partial charge in [0.15, 0.2) is 0 Å². The van der Waals surface area contributed by atoms with Crippen LogP contribution in [-0.4, -0.2) is 18.3 Å². The fourth-order valence-corrected chi connectivity index (χ4v) is 6.45. The number of hydrogen-bond donors (Lipinski definition) is 1. The Labute approximate surface area is 168 Å². The summed E-state index contributed by atoms with van der Waals surface area (Å²) in [6, 6.07) is 17.1. The molecule has 28 heavy (non-hydrogen) atoms. The van der Waals surface area contributed by atoms with Gasteiger partial charge in [0.1, 0.15) is 5.75 Å². The monoisotopic (exact) mass is 374 g/mol. The van der Waals surface area contributed by atoms with E-state index in [2.05, 4.69) is 55.5 Å². The molecule has 5 rings (SSSR count). The molecule has 0 saturated heterocycles. The van der Waals surface area contributed by atoms with Gasteiger partial charge in [-0.15, -0.1) is 0 Å². The number of hydrogen-bond acceptors (Lipinski definition) is 2. The molecule has 146 valence electrons. The predicted molar refractivity (Wildman–Crippen MR) is 113 cm³/mol. The lowest BCUT2D eigenvalue weighted by molar-refractivity contribution is -0.0158. The third kappa shape index (κ3) is 2.73. The van der Waals surface area contributed by atoms with Crippen molar-refractivity contribution >= 4 is 6.08 Å². The first-order valence-electron chi connectivity index (χ1n) is 10.7. The van der Waals surface area contributed by atoms with Crippen LogP contribution in [0.2, 0.25) is 0 Å². The van der Waals surface area contributed by atoms with Crippen molar-refractivity contribution in [2.75, 3.05) is 7.11 Å². The molecule has 2 nitrogen and oxygen atoms in total. The molecule has 0 heterocycles. The average Bonchev–Trinajstić information content (AvgIpc) is 2.99. The number of fused-ring (bicyclic) bond motifs is 5. The largest absolute Gasteiger partial charge is 0.497 e. The number of aryl methyl sites for hydroxylation is 1. The normalized spacial score (nSPS) is 35.2. The molecule has 3 aliphatic rings. The van der Waals surface area contributed by atoms with E-state index in [4.69, 9.17) is 4.74 Å². The molecule has 2 aromatic rings. The summed E-state index contributed by atoms with van der Waals surface area (Å²) in [6.07, 6.45) is 7.63. The zero-order valence-corrected chi connectivity index (χ0v) is 16.9. The van der Waals surface area contributed by atoms with Crippen LogP contribution < -0.4 is 4.74 Å². The SMILES string of the molecule is COc1ccc2c(c1)CC[C@H]1[C@@H]2CC[C@]2(C)[C@@H](O)/C(=C/c3ccccc3)C[C@@H]12. The van der Waals surface area contributed by atoms with Crippen molar-refractivity contribution in [1.29, 1.82) is 0 Å². The molecule has 0 unspecified atom stereocenters. The molecule has 2 heteroatoms. The van der Waals surface area contributed by atoms with Crippen molar-refractivity contribution in [2.24, 2.45) is 17.3 Å². The summed E-state index contributed by atoms with van der Waals surface area (Å²) in [5.41, 5.74) is 5.47. The van der Waals surface area contributed by atoms with Gasteiger partial charge >= 0.3 is 0 Å². The van der Waals surface area contributed by atoms with E-state index in [9.17, 15) is 5.11 Å². The summed E-state index contributed by atoms with van der Waals surface area (Å²) in [6.45, 7) is 2.34. The molecule has 3 aliphatic carbocycles. The van der Waals surface area contributed by atoms with Crippen LogP contribution in [0.1, 0.15) is 55.2 Å². The first-order chi connectivity index (χ1) is 13.6. The Bertz CT molecular complexity index is 900. The second kappa shape index (κ2) is 6.77. The maximum absolute atomic E-state index is 11.3. The number of rotatable bonds is 2. The van der Waals surface area contributed by atoms with Crippen LogP contribution in [-0.2, 0) is 6.42 Å². The number of methoxy groups -OCH3 is 1. The number of aliphatic hydroxyl groups is 1. The van der Waals surface area contributed by atoms with E-state index in [0.29, 0.717) is 17.8 Å². The van der Waals surface area contributed by atoms with Gasteiger partial charge in [-0.2, -0.15) is 0 Å². The van der Waals surface area contributed by atoms with Gasteiger partial charge in [0, 0.05) is 5.41 Å². The van der Waals surface area contributed by atoms with Crippen LogP contribution in [0.3, 0.4) is 0 Å². The first kappa shape index (κ1) is 18.0. The number of aliphatic hydroxyl groups excluding tert-OH is 1. The lowest BCUT2D eigenvalue weighted by atomic mass is 9.55. The summed E-state index contributed by atoms with van der Waals surface area (Å²) in [5, 5.41) is 11.3. The van der Waals surface area contributed by atoms with Gasteiger partial charge in [-0.25, -0.2) is 0 Å². The second-order valence-corrected chi connectivity index (χ2v) is 9.26. The van der Waals surface area contributed by atoms with Gasteiger partial charge in [0.25, 0.3) is 0 Å². The second-order valence-electron chi connectivity index (χ2n) is 9.26. The fraction of sp³-hybridized carbons (Fsp3) is 0.462. The highest BCUT2D eigenvalue weighted by Gasteiger charge is 2.56. The van der Waals surface area contributed by atoms with Crippen LogP contribution in [0.15, 0.2) is 54.1 Å². The quantitative estimate of drug-likeness (QED) is 0.741. The molecule has 0 spiro atoms. The molecule has 2 fully saturated rings. The van der Waals surface area contributed by atoms with Gasteiger partial charge in [-0.3, -0.25) is 0 Å². The van der Waals surface area contributed by atoms with E-state index in [0.717, 1.165) is 25.0 Å². The van der Waals surface area contributed by atoms with Gasteiger partial charge in [0.05, 0.1) is 13.2 Å². The van der Waals surface area contributed by atoms with Crippen molar-refractivity contribution in [3.8, 4) is 5.75 Å². The standard InChI is InChI=1S/C26H30O2/c1-26-13-12-22-21-11-9-20(28-2)15-18(21)8-10-23(22)24(26)16-19(25(26)27)14-17-6-4-3-5-7-17/h3-7,9,11,14-15,22-25,27H,8,10,12-13,16H2,1-2H3/b19-14+/t22-,23+,24+,25+,26+/m1/s1. The van der Waals surface area contributed by atoms with E-state index < -0.39 is 0 Å². The Hall–Kier alpha value is -2.06. The van der Waals surface area contributed by atoms with Gasteiger partial charge in [-0.05, 0) is 84.3 Å². The van der Waals surface area contributed by atoms with Crippen molar-refractivity contribution < 1.29 is 9.84 Å². The molecule has 5 atom stereocenters. The maximum atomic E-state index is 11.3. The van der Waals surface area contributed by atoms with Gasteiger partial charge in [0.2, 0.25) is 0 Å². The minimum Gasteiger partial charge on any atom is -0.497 e. The van der Waals surface area contributed by atoms with Crippen LogP contribution >= 0.6 is 0 Å². The minimum absolute atomic E-state index is 0.0196. The third-order valence-corrected chi connectivity index (χ3v) is 7.95. The van der Waals surface area contributed by atoms with E-state index in [1.807, 2.05) is 6.07 Å². The van der Waals surface area contributed by atoms with E-state index >= 15 is 0 Å². The average molecular weight is 375 g/mol. The highest BCUT2D eigenvalue weighted by atomic mass is 16.5. The Morgan fingerprint density at radius 3 is 2.71 bits per heavy atom. The van der Waals surface area contributed by atoms with Crippen molar-refractivity contribution in [3.63, 3.8) is 0 Å². The zero-order valence-electron chi connectivity index (χ0n) is 16.9. The number of benzene rings is 2. The summed E-state index contributed by atoms with van der Waals surface area (Å²) in [5.74, 6) is 2.86. The molecule has 1 N–H and O–H groups in total. The molecule has 0 aliphatic heterocycles. The van der Waals surface area contributed by atoms with Crippen LogP contribution in [0.5, 0.6) is 5.75 Å². The Kier molecular flexibility index (Phi) is 4.35. The van der Waals surface area contributed by atoms with Gasteiger partial charge < -0.3 is 9.84 Å². The smallest absolute Gasteiger partial charge is 0.119 e. The minimum atomic E-state index is -0.309. The molecule has 0 aromatic heterocycles. The Morgan fingerprint density at radius 1 is 1.11 bits per heavy atom. The lowest BCUT2D eigenvalue weighted by Gasteiger charge is -2.49. The van der Waals surface area contributed by atoms with Crippen LogP contribution in [0.25, 0.3) is 6.08 Å². The van der Waals surface area contributed by atoms with E-state index in [1.54, 1.807) is 7.11 Å². The summed E-state index contributed by atoms with van der Waals surface area (Å²) in [4.78, 5) is 0. The predicted octanol–water partition coefficient (Wildman–Crippen LogP) is 5.61. The third-order valence-electron chi connectivity index (χ3n) is 7.95. The van der Waals surface area contributed by atoms with Crippen molar-refractivity contribution in [3.05, 3.63) is 70.8 Å². The highest BCUT2D eigenvalue weighted by Crippen LogP contribution is 2.62. The molecule has 0 bridgehead atoms. The summed E-state index contributed by atoms with van der Waals surface area (Å²) >= 11 is 0. The fourth-order valence-electron chi connectivity index (χ4n) is 6.45. The van der Waals surface area contributed by atoms with Crippen LogP contribution in [0.4, 0.5) is 0 Å². The molecule has 2 saturated carbocycles. The topological polar surface area (TPSA) is 29.5 Å². The Balaban J connectivity index is 1.47. The summed E-state index contributed by atoms with van der Waals surface area (Å²) < 4.78 is 5.45. The lowest BCUT2D eigenvalue weighted by Crippen LogP contribution is -2.44. The van der Waals surface area contributed by atoms with Crippen LogP contribution in [0, 0.1) is 17.3 Å². The van der Waals surface area contributed by atoms with Crippen molar-refractivity contribution in [1.82, 2.24) is 0 Å². The molecule has 0 amide bonds. The highest BCUT2D eigenvalue weighted by molar-refractivity contribution is 5.55. The van der Waals surface area contributed by atoms with Gasteiger partial charge in [-0.1, -0.05) is 49.4 Å². The molecular formula is C26H30O2. The summed E-state index contributed by atoms with van der Waals surface area (Å²) in [7, 11) is 1.75. The zero-order chi connectivity index (χ0) is 19.3. The van der Waals surface area contributed by atoms with E-state index in [-0.39, 0.29) is 11.5 Å². The first-order valence-corrected chi connectivity index (χ1v) is 10.7. The maximum Gasteiger partial charge on any atom is 0.119 e. The van der Waals surface area contributed by atoms with E-state index in [1.165, 1.54) is 35.1 Å². The molecular weight excluding hydrogens is 344 g/mol. The molecule has 2 aromatic carbocycles. The van der Waals surface area contributed by atoms with Crippen molar-refractivity contribution in [2.45, 2.75) is 51.0 Å². The molecule has 0 radical (unpaired) electrons. The number of ether oxygens (including phenoxy) is 1.